The van der Waals surface area contributed by atoms with Crippen LogP contribution in [0.2, 0.25) is 0 Å². The number of nitrogens with one attached hydrogen (secondary N) is 1. The van der Waals surface area contributed by atoms with Crippen molar-refractivity contribution < 1.29 is 18.0 Å². The monoisotopic (exact) mass is 318 g/mol. The van der Waals surface area contributed by atoms with Crippen molar-refractivity contribution in [3.05, 3.63) is 17.5 Å². The minimum Gasteiger partial charge on any atom is -0.334 e. The largest absolute Gasteiger partial charge is 0.432 e. The highest BCUT2D eigenvalue weighted by atomic mass is 19.4. The third-order valence-corrected chi connectivity index (χ3v) is 3.90. The van der Waals surface area contributed by atoms with Crippen LogP contribution in [0.5, 0.6) is 0 Å². The van der Waals surface area contributed by atoms with Gasteiger partial charge in [-0.15, -0.1) is 0 Å². The third kappa shape index (κ3) is 4.00. The minimum atomic E-state index is -4.52. The standard InChI is InChI=1S/C14H21F3N4O/c1-20(2)8-6-10-5-3-4-7-21(10)13(22)11-9-12(19-18-11)14(15,16)17/h9-10H,3-8H2,1-2H3,(H,18,19)/t10-/m0/s1. The van der Waals surface area contributed by atoms with Gasteiger partial charge in [0, 0.05) is 18.7 Å². The Morgan fingerprint density at radius 1 is 1.45 bits per heavy atom. The first kappa shape index (κ1) is 16.8. The number of halogens is 3. The molecular weight excluding hydrogens is 297 g/mol. The van der Waals surface area contributed by atoms with Gasteiger partial charge in [-0.3, -0.25) is 9.89 Å². The molecule has 1 aliphatic rings. The number of piperidine rings is 1. The van der Waals surface area contributed by atoms with Gasteiger partial charge in [-0.2, -0.15) is 18.3 Å². The van der Waals surface area contributed by atoms with E-state index in [0.717, 1.165) is 38.3 Å². The minimum absolute atomic E-state index is 0.0645. The number of nitrogens with zero attached hydrogens (tertiary/aromatic N) is 3. The lowest BCUT2D eigenvalue weighted by molar-refractivity contribution is -0.141. The number of rotatable bonds is 4. The fraction of sp³-hybridized carbons (Fsp3) is 0.714. The molecule has 22 heavy (non-hydrogen) atoms. The summed E-state index contributed by atoms with van der Waals surface area (Å²) in [6.07, 6.45) is -0.903. The van der Waals surface area contributed by atoms with Crippen molar-refractivity contribution in [1.29, 1.82) is 0 Å². The summed E-state index contributed by atoms with van der Waals surface area (Å²) in [5.74, 6) is -0.421. The maximum Gasteiger partial charge on any atom is 0.432 e. The van der Waals surface area contributed by atoms with Gasteiger partial charge in [0.15, 0.2) is 5.69 Å². The number of carbonyl (C=O) groups excluding carboxylic acids is 1. The number of alkyl halides is 3. The highest BCUT2D eigenvalue weighted by Crippen LogP contribution is 2.28. The van der Waals surface area contributed by atoms with Gasteiger partial charge in [0.2, 0.25) is 0 Å². The predicted octanol–water partition coefficient (Wildman–Crippen LogP) is 2.37. The third-order valence-electron chi connectivity index (χ3n) is 3.90. The molecule has 1 N–H and O–H groups in total. The smallest absolute Gasteiger partial charge is 0.334 e. The lowest BCUT2D eigenvalue weighted by Gasteiger charge is -2.36. The molecule has 1 fully saturated rings. The molecule has 0 aliphatic carbocycles. The number of carbonyl (C=O) groups is 1. The van der Waals surface area contributed by atoms with E-state index in [-0.39, 0.29) is 11.7 Å². The van der Waals surface area contributed by atoms with Crippen LogP contribution in [-0.2, 0) is 6.18 Å². The van der Waals surface area contributed by atoms with Crippen molar-refractivity contribution in [1.82, 2.24) is 20.0 Å². The van der Waals surface area contributed by atoms with Crippen LogP contribution in [0.3, 0.4) is 0 Å². The molecule has 8 heteroatoms. The molecule has 1 amide bonds. The van der Waals surface area contributed by atoms with E-state index in [1.54, 1.807) is 4.90 Å². The summed E-state index contributed by atoms with van der Waals surface area (Å²) in [7, 11) is 3.91. The second kappa shape index (κ2) is 6.68. The average molecular weight is 318 g/mol. The Hall–Kier alpha value is -1.57. The number of aromatic nitrogens is 2. The van der Waals surface area contributed by atoms with Crippen LogP contribution >= 0.6 is 0 Å². The van der Waals surface area contributed by atoms with E-state index in [2.05, 4.69) is 5.10 Å². The number of hydrogen-bond acceptors (Lipinski definition) is 3. The van der Waals surface area contributed by atoms with Gasteiger partial charge in [0.25, 0.3) is 5.91 Å². The van der Waals surface area contributed by atoms with E-state index in [0.29, 0.717) is 6.54 Å². The molecule has 1 aromatic heterocycles. The molecule has 0 aromatic carbocycles. The van der Waals surface area contributed by atoms with Crippen LogP contribution in [0.25, 0.3) is 0 Å². The van der Waals surface area contributed by atoms with Crippen molar-refractivity contribution in [2.45, 2.75) is 37.9 Å². The summed E-state index contributed by atoms with van der Waals surface area (Å²) in [4.78, 5) is 16.2. The summed E-state index contributed by atoms with van der Waals surface area (Å²) in [5.41, 5.74) is -1.15. The highest BCUT2D eigenvalue weighted by molar-refractivity contribution is 5.92. The molecule has 0 saturated carbocycles. The zero-order valence-electron chi connectivity index (χ0n) is 12.8. The Bertz CT molecular complexity index is 512. The van der Waals surface area contributed by atoms with Gasteiger partial charge in [-0.1, -0.05) is 0 Å². The van der Waals surface area contributed by atoms with Gasteiger partial charge in [0.05, 0.1) is 0 Å². The lowest BCUT2D eigenvalue weighted by Crippen LogP contribution is -2.45. The molecule has 0 unspecified atom stereocenters. The van der Waals surface area contributed by atoms with Crippen LogP contribution in [0.4, 0.5) is 13.2 Å². The molecule has 124 valence electrons. The Labute approximate surface area is 127 Å². The zero-order chi connectivity index (χ0) is 16.3. The van der Waals surface area contributed by atoms with E-state index in [1.165, 1.54) is 0 Å². The van der Waals surface area contributed by atoms with Gasteiger partial charge in [-0.25, -0.2) is 0 Å². The van der Waals surface area contributed by atoms with Crippen LogP contribution in [0.15, 0.2) is 6.07 Å². The quantitative estimate of drug-likeness (QED) is 0.927. The number of hydrogen-bond donors (Lipinski definition) is 1. The molecule has 1 aromatic rings. The molecule has 0 radical (unpaired) electrons. The Balaban J connectivity index is 2.10. The zero-order valence-corrected chi connectivity index (χ0v) is 12.8. The summed E-state index contributed by atoms with van der Waals surface area (Å²) in [6.45, 7) is 1.41. The second-order valence-corrected chi connectivity index (χ2v) is 5.90. The Morgan fingerprint density at radius 2 is 2.18 bits per heavy atom. The molecule has 0 bridgehead atoms. The second-order valence-electron chi connectivity index (χ2n) is 5.90. The lowest BCUT2D eigenvalue weighted by atomic mass is 9.98. The van der Waals surface area contributed by atoms with Crippen molar-refractivity contribution in [3.8, 4) is 0 Å². The number of aromatic amines is 1. The van der Waals surface area contributed by atoms with Crippen molar-refractivity contribution in [3.63, 3.8) is 0 Å². The van der Waals surface area contributed by atoms with E-state index < -0.39 is 17.8 Å². The summed E-state index contributed by atoms with van der Waals surface area (Å²) in [6, 6.07) is 0.856. The summed E-state index contributed by atoms with van der Waals surface area (Å²) < 4.78 is 37.8. The first-order valence-corrected chi connectivity index (χ1v) is 7.37. The number of amides is 1. The van der Waals surface area contributed by atoms with Crippen LogP contribution in [0.1, 0.15) is 41.9 Å². The topological polar surface area (TPSA) is 52.2 Å². The first-order valence-electron chi connectivity index (χ1n) is 7.37. The summed E-state index contributed by atoms with van der Waals surface area (Å²) >= 11 is 0. The molecule has 1 saturated heterocycles. The van der Waals surface area contributed by atoms with Gasteiger partial charge < -0.3 is 9.80 Å². The number of H-pyrrole nitrogens is 1. The fourth-order valence-corrected chi connectivity index (χ4v) is 2.70. The maximum absolute atomic E-state index is 12.6. The molecule has 1 aliphatic heterocycles. The Morgan fingerprint density at radius 3 is 2.77 bits per heavy atom. The number of likely N-dealkylation sites (tertiary alicyclic amines) is 1. The van der Waals surface area contributed by atoms with E-state index in [4.69, 9.17) is 0 Å². The van der Waals surface area contributed by atoms with E-state index in [9.17, 15) is 18.0 Å². The first-order chi connectivity index (χ1) is 10.3. The van der Waals surface area contributed by atoms with Gasteiger partial charge in [0.1, 0.15) is 5.69 Å². The molecule has 2 rings (SSSR count). The van der Waals surface area contributed by atoms with E-state index >= 15 is 0 Å². The molecule has 2 heterocycles. The molecular formula is C14H21F3N4O. The van der Waals surface area contributed by atoms with E-state index in [1.807, 2.05) is 24.1 Å². The molecule has 0 spiro atoms. The maximum atomic E-state index is 12.6. The van der Waals surface area contributed by atoms with Crippen LogP contribution < -0.4 is 0 Å². The van der Waals surface area contributed by atoms with Gasteiger partial charge >= 0.3 is 6.18 Å². The van der Waals surface area contributed by atoms with Crippen LogP contribution in [0, 0.1) is 0 Å². The van der Waals surface area contributed by atoms with Crippen molar-refractivity contribution in [2.75, 3.05) is 27.2 Å². The summed E-state index contributed by atoms with van der Waals surface area (Å²) in [5, 5.41) is 5.44. The highest BCUT2D eigenvalue weighted by Gasteiger charge is 2.35. The fourth-order valence-electron chi connectivity index (χ4n) is 2.70. The van der Waals surface area contributed by atoms with Crippen molar-refractivity contribution >= 4 is 5.91 Å². The van der Waals surface area contributed by atoms with Crippen LogP contribution in [-0.4, -0.2) is 59.1 Å². The molecule has 5 nitrogen and oxygen atoms in total. The average Bonchev–Trinajstić information content (AvgIpc) is 2.94. The normalized spacial score (nSPS) is 19.7. The predicted molar refractivity (Wildman–Crippen MR) is 75.4 cm³/mol. The molecule has 1 atom stereocenters. The van der Waals surface area contributed by atoms with Gasteiger partial charge in [-0.05, 0) is 46.3 Å². The SMILES string of the molecule is CN(C)CC[C@@H]1CCCCN1C(=O)c1cc(C(F)(F)F)[nH]n1. The van der Waals surface area contributed by atoms with Crippen molar-refractivity contribution in [2.24, 2.45) is 0 Å². The Kier molecular flexibility index (Phi) is 5.10.